The van der Waals surface area contributed by atoms with Gasteiger partial charge in [-0.05, 0) is 13.8 Å². The molecule has 0 aliphatic carbocycles. The van der Waals surface area contributed by atoms with Crippen molar-refractivity contribution in [3.8, 4) is 0 Å². The zero-order chi connectivity index (χ0) is 11.4. The molecule has 1 amide bonds. The molecule has 0 aromatic rings. The predicted molar refractivity (Wildman–Crippen MR) is 48.7 cm³/mol. The maximum Gasteiger partial charge on any atom is 0.331 e. The van der Waals surface area contributed by atoms with Gasteiger partial charge in [0.2, 0.25) is 6.41 Å². The number of carbonyl (C=O) groups excluding carboxylic acids is 3. The Morgan fingerprint density at radius 1 is 1.13 bits per heavy atom. The van der Waals surface area contributed by atoms with Crippen LogP contribution in [0.2, 0.25) is 0 Å². The normalized spacial score (nSPS) is 23.2. The summed E-state index contributed by atoms with van der Waals surface area (Å²) in [6.07, 6.45) is 0.448. The summed E-state index contributed by atoms with van der Waals surface area (Å²) in [6.45, 7) is 3.75. The monoisotopic (exact) mass is 215 g/mol. The largest absolute Gasteiger partial charge is 0.464 e. The fraction of sp³-hybridized carbons (Fsp3) is 0.667. The summed E-state index contributed by atoms with van der Waals surface area (Å²) in [7, 11) is 0. The first-order chi connectivity index (χ1) is 7.17. The van der Waals surface area contributed by atoms with Crippen LogP contribution in [0.25, 0.3) is 0 Å². The molecule has 0 saturated carbocycles. The molecule has 0 aromatic carbocycles. The molecule has 0 bridgehead atoms. The second-order valence-electron chi connectivity index (χ2n) is 2.95. The highest BCUT2D eigenvalue weighted by molar-refractivity contribution is 5.96. The summed E-state index contributed by atoms with van der Waals surface area (Å²) in [5.74, 6) is -1.13. The number of nitrogens with zero attached hydrogens (tertiary/aromatic N) is 1. The number of rotatable bonds is 5. The van der Waals surface area contributed by atoms with Crippen molar-refractivity contribution in [3.63, 3.8) is 0 Å². The summed E-state index contributed by atoms with van der Waals surface area (Å²) in [5.41, 5.74) is 0. The maximum atomic E-state index is 11.3. The lowest BCUT2D eigenvalue weighted by molar-refractivity contribution is -0.147. The third-order valence-electron chi connectivity index (χ3n) is 2.03. The molecule has 2 atom stereocenters. The van der Waals surface area contributed by atoms with Crippen molar-refractivity contribution in [2.24, 2.45) is 0 Å². The lowest BCUT2D eigenvalue weighted by atomic mass is 10.3. The average Bonchev–Trinajstić information content (AvgIpc) is 2.92. The van der Waals surface area contributed by atoms with Gasteiger partial charge in [-0.15, -0.1) is 0 Å². The molecule has 6 heteroatoms. The molecule has 0 spiro atoms. The SMILES string of the molecule is CCOC(=O)C1C(C(=O)OCC)N1C=O. The van der Waals surface area contributed by atoms with Crippen LogP contribution in [0.4, 0.5) is 0 Å². The van der Waals surface area contributed by atoms with Crippen molar-refractivity contribution in [2.75, 3.05) is 13.2 Å². The Morgan fingerprint density at radius 2 is 1.53 bits per heavy atom. The fourth-order valence-corrected chi connectivity index (χ4v) is 1.34. The molecule has 1 saturated heterocycles. The van der Waals surface area contributed by atoms with Gasteiger partial charge in [0.25, 0.3) is 0 Å². The molecule has 1 aliphatic rings. The molecule has 1 heterocycles. The van der Waals surface area contributed by atoms with E-state index >= 15 is 0 Å². The molecule has 6 nitrogen and oxygen atoms in total. The fourth-order valence-electron chi connectivity index (χ4n) is 1.34. The number of esters is 2. The van der Waals surface area contributed by atoms with E-state index in [-0.39, 0.29) is 13.2 Å². The van der Waals surface area contributed by atoms with E-state index in [1.807, 2.05) is 0 Å². The van der Waals surface area contributed by atoms with Gasteiger partial charge in [0.15, 0.2) is 12.1 Å². The van der Waals surface area contributed by atoms with E-state index in [1.54, 1.807) is 13.8 Å². The Hall–Kier alpha value is -1.59. The van der Waals surface area contributed by atoms with Gasteiger partial charge in [0, 0.05) is 0 Å². The molecular weight excluding hydrogens is 202 g/mol. The first-order valence-corrected chi connectivity index (χ1v) is 4.73. The van der Waals surface area contributed by atoms with Crippen LogP contribution < -0.4 is 0 Å². The van der Waals surface area contributed by atoms with Crippen molar-refractivity contribution in [2.45, 2.75) is 25.9 Å². The van der Waals surface area contributed by atoms with E-state index in [0.29, 0.717) is 6.41 Å². The minimum absolute atomic E-state index is 0.220. The van der Waals surface area contributed by atoms with Gasteiger partial charge in [-0.2, -0.15) is 0 Å². The van der Waals surface area contributed by atoms with Crippen molar-refractivity contribution in [3.05, 3.63) is 0 Å². The summed E-state index contributed by atoms with van der Waals surface area (Å²) in [5, 5.41) is 0. The number of hydrogen-bond donors (Lipinski definition) is 0. The highest BCUT2D eigenvalue weighted by Gasteiger charge is 2.58. The van der Waals surface area contributed by atoms with Crippen LogP contribution in [0.1, 0.15) is 13.8 Å². The molecule has 0 N–H and O–H groups in total. The van der Waals surface area contributed by atoms with E-state index in [0.717, 1.165) is 4.90 Å². The molecule has 1 rings (SSSR count). The quantitative estimate of drug-likeness (QED) is 0.345. The molecular formula is C9H13NO5. The van der Waals surface area contributed by atoms with Crippen LogP contribution in [-0.4, -0.2) is 48.5 Å². The van der Waals surface area contributed by atoms with Gasteiger partial charge in [0.05, 0.1) is 13.2 Å². The Kier molecular flexibility index (Phi) is 3.65. The second-order valence-corrected chi connectivity index (χ2v) is 2.95. The lowest BCUT2D eigenvalue weighted by Crippen LogP contribution is -2.20. The first-order valence-electron chi connectivity index (χ1n) is 4.73. The van der Waals surface area contributed by atoms with Crippen LogP contribution in [-0.2, 0) is 23.9 Å². The van der Waals surface area contributed by atoms with E-state index < -0.39 is 24.0 Å². The van der Waals surface area contributed by atoms with Crippen molar-refractivity contribution in [1.29, 1.82) is 0 Å². The average molecular weight is 215 g/mol. The van der Waals surface area contributed by atoms with Crippen LogP contribution in [0, 0.1) is 0 Å². The zero-order valence-corrected chi connectivity index (χ0v) is 8.63. The molecule has 1 fully saturated rings. The van der Waals surface area contributed by atoms with Gasteiger partial charge in [0.1, 0.15) is 0 Å². The summed E-state index contributed by atoms with van der Waals surface area (Å²) in [6, 6.07) is -1.61. The van der Waals surface area contributed by atoms with Gasteiger partial charge in [-0.25, -0.2) is 9.59 Å². The van der Waals surface area contributed by atoms with Crippen LogP contribution in [0.15, 0.2) is 0 Å². The van der Waals surface area contributed by atoms with E-state index in [9.17, 15) is 14.4 Å². The minimum atomic E-state index is -0.804. The van der Waals surface area contributed by atoms with Gasteiger partial charge in [-0.1, -0.05) is 0 Å². The Bertz CT molecular complexity index is 254. The lowest BCUT2D eigenvalue weighted by Gasteiger charge is -1.98. The van der Waals surface area contributed by atoms with Gasteiger partial charge >= 0.3 is 11.9 Å². The highest BCUT2D eigenvalue weighted by Crippen LogP contribution is 2.28. The zero-order valence-electron chi connectivity index (χ0n) is 8.63. The molecule has 84 valence electrons. The Balaban J connectivity index is 2.56. The van der Waals surface area contributed by atoms with E-state index in [1.165, 1.54) is 0 Å². The molecule has 0 radical (unpaired) electrons. The van der Waals surface area contributed by atoms with Crippen molar-refractivity contribution < 1.29 is 23.9 Å². The second kappa shape index (κ2) is 4.77. The third kappa shape index (κ3) is 2.26. The maximum absolute atomic E-state index is 11.3. The minimum Gasteiger partial charge on any atom is -0.464 e. The Labute approximate surface area is 87.1 Å². The van der Waals surface area contributed by atoms with Crippen molar-refractivity contribution >= 4 is 18.3 Å². The highest BCUT2D eigenvalue weighted by atomic mass is 16.5. The van der Waals surface area contributed by atoms with Crippen LogP contribution in [0.3, 0.4) is 0 Å². The molecule has 2 unspecified atom stereocenters. The number of carbonyl (C=O) groups is 3. The van der Waals surface area contributed by atoms with E-state index in [2.05, 4.69) is 0 Å². The van der Waals surface area contributed by atoms with E-state index in [4.69, 9.17) is 9.47 Å². The molecule has 0 aromatic heterocycles. The summed E-state index contributed by atoms with van der Waals surface area (Å²) >= 11 is 0. The van der Waals surface area contributed by atoms with Gasteiger partial charge < -0.3 is 14.4 Å². The standard InChI is InChI=1S/C9H13NO5/c1-3-14-8(12)6-7(10(6)5-11)9(13)15-4-2/h5-7H,3-4H2,1-2H3. The van der Waals surface area contributed by atoms with Crippen LogP contribution >= 0.6 is 0 Å². The topological polar surface area (TPSA) is 72.7 Å². The third-order valence-corrected chi connectivity index (χ3v) is 2.03. The van der Waals surface area contributed by atoms with Crippen molar-refractivity contribution in [1.82, 2.24) is 4.90 Å². The predicted octanol–water partition coefficient (Wildman–Crippen LogP) is -0.678. The smallest absolute Gasteiger partial charge is 0.331 e. The summed E-state index contributed by atoms with van der Waals surface area (Å²) in [4.78, 5) is 34.1. The number of hydrogen-bond acceptors (Lipinski definition) is 5. The summed E-state index contributed by atoms with van der Waals surface area (Å²) < 4.78 is 9.42. The first kappa shape index (κ1) is 11.5. The van der Waals surface area contributed by atoms with Crippen LogP contribution in [0.5, 0.6) is 0 Å². The number of ether oxygens (including phenoxy) is 2. The number of amides is 1. The molecule has 15 heavy (non-hydrogen) atoms. The Morgan fingerprint density at radius 3 is 1.80 bits per heavy atom. The van der Waals surface area contributed by atoms with Gasteiger partial charge in [-0.3, -0.25) is 4.79 Å². The molecule has 1 aliphatic heterocycles.